The lowest BCUT2D eigenvalue weighted by Crippen LogP contribution is -2.30. The number of para-hydroxylation sites is 1. The van der Waals surface area contributed by atoms with Crippen LogP contribution in [0.4, 0.5) is 11.4 Å². The molecule has 1 heterocycles. The van der Waals surface area contributed by atoms with Crippen LogP contribution in [0.2, 0.25) is 0 Å². The highest BCUT2D eigenvalue weighted by Gasteiger charge is 2.38. The van der Waals surface area contributed by atoms with E-state index in [4.69, 9.17) is 0 Å². The summed E-state index contributed by atoms with van der Waals surface area (Å²) in [5, 5.41) is 3.68. The van der Waals surface area contributed by atoms with E-state index in [-0.39, 0.29) is 12.0 Å². The molecule has 3 atom stereocenters. The van der Waals surface area contributed by atoms with Gasteiger partial charge in [0.15, 0.2) is 0 Å². The van der Waals surface area contributed by atoms with Crippen LogP contribution in [0.15, 0.2) is 95.9 Å². The molecule has 2 aliphatic rings. The normalized spacial score (nSPS) is 22.1. The third-order valence-electron chi connectivity index (χ3n) is 6.27. The fourth-order valence-corrected chi connectivity index (χ4v) is 5.89. The molecule has 0 saturated heterocycles. The van der Waals surface area contributed by atoms with Crippen LogP contribution in [-0.2, 0) is 10.0 Å². The van der Waals surface area contributed by atoms with Gasteiger partial charge in [-0.15, -0.1) is 0 Å². The number of fused-ring (bicyclic) bond motifs is 3. The highest BCUT2D eigenvalue weighted by atomic mass is 32.2. The van der Waals surface area contributed by atoms with Crippen molar-refractivity contribution >= 4 is 21.4 Å². The summed E-state index contributed by atoms with van der Waals surface area (Å²) in [5.41, 5.74) is 3.99. The maximum atomic E-state index is 13.3. The second kappa shape index (κ2) is 7.33. The van der Waals surface area contributed by atoms with Crippen molar-refractivity contribution in [3.63, 3.8) is 0 Å². The van der Waals surface area contributed by atoms with Gasteiger partial charge in [0.25, 0.3) is 10.0 Å². The average Bonchev–Trinajstić information content (AvgIpc) is 3.29. The SMILES string of the molecule is CN(c1ccccc1)S(=O)(=O)c1ccc2c(c1)C1C=CCC1C(c1ccccc1)N2. The minimum absolute atomic E-state index is 0.212. The van der Waals surface area contributed by atoms with E-state index in [0.29, 0.717) is 16.5 Å². The predicted octanol–water partition coefficient (Wildman–Crippen LogP) is 5.34. The molecule has 152 valence electrons. The van der Waals surface area contributed by atoms with E-state index in [1.807, 2.05) is 36.4 Å². The van der Waals surface area contributed by atoms with E-state index in [2.05, 4.69) is 41.7 Å². The van der Waals surface area contributed by atoms with Crippen molar-refractivity contribution in [3.8, 4) is 0 Å². The third-order valence-corrected chi connectivity index (χ3v) is 8.05. The molecule has 4 nitrogen and oxygen atoms in total. The Balaban J connectivity index is 1.53. The van der Waals surface area contributed by atoms with Gasteiger partial charge in [0, 0.05) is 18.7 Å². The lowest BCUT2D eigenvalue weighted by atomic mass is 9.77. The second-order valence-electron chi connectivity index (χ2n) is 7.94. The van der Waals surface area contributed by atoms with Gasteiger partial charge in [-0.3, -0.25) is 4.31 Å². The Bertz CT molecular complexity index is 1190. The smallest absolute Gasteiger partial charge is 0.264 e. The van der Waals surface area contributed by atoms with Gasteiger partial charge < -0.3 is 5.32 Å². The molecule has 0 radical (unpaired) electrons. The quantitative estimate of drug-likeness (QED) is 0.584. The van der Waals surface area contributed by atoms with Crippen LogP contribution in [0.3, 0.4) is 0 Å². The van der Waals surface area contributed by atoms with Crippen molar-refractivity contribution in [3.05, 3.63) is 102 Å². The zero-order valence-electron chi connectivity index (χ0n) is 16.8. The first-order valence-corrected chi connectivity index (χ1v) is 11.7. The topological polar surface area (TPSA) is 49.4 Å². The van der Waals surface area contributed by atoms with E-state index in [1.54, 1.807) is 25.2 Å². The highest BCUT2D eigenvalue weighted by molar-refractivity contribution is 7.92. The fourth-order valence-electron chi connectivity index (χ4n) is 4.66. The number of benzene rings is 3. The van der Waals surface area contributed by atoms with Crippen molar-refractivity contribution in [1.29, 1.82) is 0 Å². The fraction of sp³-hybridized carbons (Fsp3) is 0.200. The monoisotopic (exact) mass is 416 g/mol. The van der Waals surface area contributed by atoms with Gasteiger partial charge in [-0.1, -0.05) is 60.7 Å². The van der Waals surface area contributed by atoms with Gasteiger partial charge in [0.2, 0.25) is 0 Å². The highest BCUT2D eigenvalue weighted by Crippen LogP contribution is 2.50. The number of anilines is 2. The molecule has 0 aromatic heterocycles. The summed E-state index contributed by atoms with van der Waals surface area (Å²) < 4.78 is 27.9. The molecule has 30 heavy (non-hydrogen) atoms. The first-order valence-electron chi connectivity index (χ1n) is 10.2. The Kier molecular flexibility index (Phi) is 4.63. The number of nitrogens with one attached hydrogen (secondary N) is 1. The molecule has 3 aromatic rings. The Labute approximate surface area is 177 Å². The molecule has 1 N–H and O–H groups in total. The zero-order chi connectivity index (χ0) is 20.7. The van der Waals surface area contributed by atoms with Crippen LogP contribution in [0.25, 0.3) is 0 Å². The number of sulfonamides is 1. The number of allylic oxidation sites excluding steroid dienone is 2. The summed E-state index contributed by atoms with van der Waals surface area (Å²) in [6.45, 7) is 0. The van der Waals surface area contributed by atoms with E-state index in [9.17, 15) is 8.42 Å². The molecule has 0 amide bonds. The predicted molar refractivity (Wildman–Crippen MR) is 121 cm³/mol. The van der Waals surface area contributed by atoms with Gasteiger partial charge in [-0.05, 0) is 53.8 Å². The van der Waals surface area contributed by atoms with Crippen LogP contribution in [-0.4, -0.2) is 15.5 Å². The van der Waals surface area contributed by atoms with Crippen molar-refractivity contribution in [2.45, 2.75) is 23.3 Å². The first-order chi connectivity index (χ1) is 14.6. The van der Waals surface area contributed by atoms with E-state index >= 15 is 0 Å². The third kappa shape index (κ3) is 3.10. The van der Waals surface area contributed by atoms with E-state index in [0.717, 1.165) is 17.7 Å². The maximum absolute atomic E-state index is 13.3. The van der Waals surface area contributed by atoms with Crippen molar-refractivity contribution in [2.75, 3.05) is 16.7 Å². The molecule has 1 aliphatic carbocycles. The number of hydrogen-bond acceptors (Lipinski definition) is 3. The second-order valence-corrected chi connectivity index (χ2v) is 9.91. The summed E-state index contributed by atoms with van der Waals surface area (Å²) >= 11 is 0. The van der Waals surface area contributed by atoms with E-state index in [1.165, 1.54) is 9.87 Å². The van der Waals surface area contributed by atoms with Crippen LogP contribution >= 0.6 is 0 Å². The molecule has 0 bridgehead atoms. The Hall–Kier alpha value is -3.05. The Morgan fingerprint density at radius 2 is 1.63 bits per heavy atom. The molecule has 3 unspecified atom stereocenters. The number of nitrogens with zero attached hydrogens (tertiary/aromatic N) is 1. The van der Waals surface area contributed by atoms with Gasteiger partial charge in [-0.25, -0.2) is 8.42 Å². The summed E-state index contributed by atoms with van der Waals surface area (Å²) in [7, 11) is -2.04. The van der Waals surface area contributed by atoms with Crippen LogP contribution < -0.4 is 9.62 Å². The molecule has 0 saturated carbocycles. The average molecular weight is 417 g/mol. The van der Waals surface area contributed by atoms with Crippen LogP contribution in [0.1, 0.15) is 29.5 Å². The summed E-state index contributed by atoms with van der Waals surface area (Å²) in [6.07, 6.45) is 5.44. The van der Waals surface area contributed by atoms with Crippen molar-refractivity contribution in [1.82, 2.24) is 0 Å². The summed E-state index contributed by atoms with van der Waals surface area (Å²) in [4.78, 5) is 0.326. The maximum Gasteiger partial charge on any atom is 0.264 e. The molecule has 0 spiro atoms. The Morgan fingerprint density at radius 3 is 2.37 bits per heavy atom. The van der Waals surface area contributed by atoms with Gasteiger partial charge >= 0.3 is 0 Å². The lowest BCUT2D eigenvalue weighted by molar-refractivity contribution is 0.425. The number of hydrogen-bond donors (Lipinski definition) is 1. The van der Waals surface area contributed by atoms with Crippen LogP contribution in [0.5, 0.6) is 0 Å². The van der Waals surface area contributed by atoms with Crippen LogP contribution in [0, 0.1) is 5.92 Å². The van der Waals surface area contributed by atoms with E-state index < -0.39 is 10.0 Å². The van der Waals surface area contributed by atoms with Crippen molar-refractivity contribution < 1.29 is 8.42 Å². The zero-order valence-corrected chi connectivity index (χ0v) is 17.6. The molecule has 3 aromatic carbocycles. The number of rotatable bonds is 4. The van der Waals surface area contributed by atoms with Gasteiger partial charge in [0.1, 0.15) is 0 Å². The minimum atomic E-state index is -3.64. The molecule has 1 aliphatic heterocycles. The minimum Gasteiger partial charge on any atom is -0.378 e. The van der Waals surface area contributed by atoms with Gasteiger partial charge in [-0.2, -0.15) is 0 Å². The summed E-state index contributed by atoms with van der Waals surface area (Å²) in [5.74, 6) is 0.591. The lowest BCUT2D eigenvalue weighted by Gasteiger charge is -2.37. The molecule has 5 rings (SSSR count). The molecular formula is C25H24N2O2S. The largest absolute Gasteiger partial charge is 0.378 e. The van der Waals surface area contributed by atoms with Gasteiger partial charge in [0.05, 0.1) is 16.6 Å². The first kappa shape index (κ1) is 18.9. The Morgan fingerprint density at radius 1 is 0.933 bits per heavy atom. The standard InChI is InChI=1S/C25H24N2O2S/c1-27(19-11-6-3-7-12-19)30(28,29)20-15-16-24-23(17-20)21-13-8-14-22(21)25(26-24)18-9-4-2-5-10-18/h2-13,15-17,21-22,25-26H,14H2,1H3. The molecule has 0 fully saturated rings. The molecule has 5 heteroatoms. The summed E-state index contributed by atoms with van der Waals surface area (Å²) in [6, 6.07) is 25.4. The molecular weight excluding hydrogens is 392 g/mol. The van der Waals surface area contributed by atoms with Crippen molar-refractivity contribution in [2.24, 2.45) is 5.92 Å².